The van der Waals surface area contributed by atoms with Gasteiger partial charge in [0, 0.05) is 12.1 Å². The first-order chi connectivity index (χ1) is 15.2. The summed E-state index contributed by atoms with van der Waals surface area (Å²) in [5, 5.41) is 7.84. The van der Waals surface area contributed by atoms with Crippen molar-refractivity contribution in [1.82, 2.24) is 10.6 Å². The van der Waals surface area contributed by atoms with E-state index in [-0.39, 0.29) is 18.4 Å². The lowest BCUT2D eigenvalue weighted by Crippen LogP contribution is -2.32. The van der Waals surface area contributed by atoms with E-state index in [0.717, 1.165) is 11.1 Å². The first-order valence-corrected chi connectivity index (χ1v) is 10.3. The first kappa shape index (κ1) is 24.6. The molecule has 2 aromatic carbocycles. The van der Waals surface area contributed by atoms with Crippen molar-refractivity contribution in [1.29, 1.82) is 0 Å². The van der Waals surface area contributed by atoms with Crippen molar-refractivity contribution in [2.24, 2.45) is 5.92 Å². The third kappa shape index (κ3) is 7.86. The van der Waals surface area contributed by atoms with Gasteiger partial charge in [-0.3, -0.25) is 19.2 Å². The fraction of sp³-hybridized carbons (Fsp3) is 0.333. The molecule has 3 N–H and O–H groups in total. The molecule has 0 radical (unpaired) electrons. The molecular weight excluding hydrogens is 410 g/mol. The van der Waals surface area contributed by atoms with Crippen molar-refractivity contribution in [2.45, 2.75) is 27.7 Å². The summed E-state index contributed by atoms with van der Waals surface area (Å²) in [6.07, 6.45) is 0. The van der Waals surface area contributed by atoms with Crippen LogP contribution in [0.4, 0.5) is 5.69 Å². The molecule has 0 fully saturated rings. The van der Waals surface area contributed by atoms with E-state index in [1.54, 1.807) is 36.4 Å². The number of aryl methyl sites for hydroxylation is 2. The maximum absolute atomic E-state index is 12.3. The zero-order valence-corrected chi connectivity index (χ0v) is 18.8. The van der Waals surface area contributed by atoms with Gasteiger partial charge in [0.2, 0.25) is 0 Å². The molecule has 0 aliphatic heterocycles. The molecular formula is C24H29N3O5. The summed E-state index contributed by atoms with van der Waals surface area (Å²) in [4.78, 5) is 48.6. The van der Waals surface area contributed by atoms with Gasteiger partial charge < -0.3 is 20.7 Å². The summed E-state index contributed by atoms with van der Waals surface area (Å²) < 4.78 is 4.92. The van der Waals surface area contributed by atoms with E-state index in [1.165, 1.54) is 0 Å². The molecule has 0 heterocycles. The largest absolute Gasteiger partial charge is 0.454 e. The lowest BCUT2D eigenvalue weighted by Gasteiger charge is -2.13. The van der Waals surface area contributed by atoms with E-state index < -0.39 is 24.4 Å². The Morgan fingerprint density at radius 1 is 0.906 bits per heavy atom. The molecule has 8 nitrogen and oxygen atoms in total. The van der Waals surface area contributed by atoms with Gasteiger partial charge in [-0.2, -0.15) is 0 Å². The number of benzene rings is 2. The lowest BCUT2D eigenvalue weighted by atomic mass is 10.1. The van der Waals surface area contributed by atoms with Crippen LogP contribution in [0.3, 0.4) is 0 Å². The average Bonchev–Trinajstić information content (AvgIpc) is 2.74. The minimum Gasteiger partial charge on any atom is -0.454 e. The molecule has 2 aromatic rings. The van der Waals surface area contributed by atoms with Gasteiger partial charge in [-0.1, -0.05) is 43.2 Å². The standard InChI is InChI=1S/C24H29N3O5/c1-15(2)12-25-24(31)19-7-5-6-8-20(19)27-21(28)14-32-22(29)13-26-23(30)18-10-16(3)9-17(4)11-18/h5-11,15H,12-14H2,1-4H3,(H,25,31)(H,26,30)(H,27,28). The quantitative estimate of drug-likeness (QED) is 0.520. The van der Waals surface area contributed by atoms with Crippen LogP contribution in [0.2, 0.25) is 0 Å². The van der Waals surface area contributed by atoms with E-state index in [4.69, 9.17) is 4.74 Å². The molecule has 0 unspecified atom stereocenters. The topological polar surface area (TPSA) is 114 Å². The number of hydrogen-bond acceptors (Lipinski definition) is 5. The highest BCUT2D eigenvalue weighted by Gasteiger charge is 2.15. The lowest BCUT2D eigenvalue weighted by molar-refractivity contribution is -0.146. The van der Waals surface area contributed by atoms with Gasteiger partial charge in [0.25, 0.3) is 17.7 Å². The molecule has 8 heteroatoms. The summed E-state index contributed by atoms with van der Waals surface area (Å²) in [5.74, 6) is -1.76. The smallest absolute Gasteiger partial charge is 0.325 e. The van der Waals surface area contributed by atoms with Gasteiger partial charge in [-0.25, -0.2) is 0 Å². The third-order valence-corrected chi connectivity index (χ3v) is 4.36. The zero-order valence-electron chi connectivity index (χ0n) is 18.8. The molecule has 170 valence electrons. The van der Waals surface area contributed by atoms with E-state index in [0.29, 0.717) is 23.4 Å². The SMILES string of the molecule is Cc1cc(C)cc(C(=O)NCC(=O)OCC(=O)Nc2ccccc2C(=O)NCC(C)C)c1. The highest BCUT2D eigenvalue weighted by atomic mass is 16.5. The number of rotatable bonds is 9. The van der Waals surface area contributed by atoms with Gasteiger partial charge in [0.05, 0.1) is 11.3 Å². The Labute approximate surface area is 187 Å². The fourth-order valence-corrected chi connectivity index (χ4v) is 2.93. The number of anilines is 1. The second-order valence-corrected chi connectivity index (χ2v) is 7.92. The Bertz CT molecular complexity index is 981. The van der Waals surface area contributed by atoms with Crippen LogP contribution in [0, 0.1) is 19.8 Å². The van der Waals surface area contributed by atoms with Crippen LogP contribution in [0.1, 0.15) is 45.7 Å². The first-order valence-electron chi connectivity index (χ1n) is 10.3. The predicted octanol–water partition coefficient (Wildman–Crippen LogP) is 2.60. The van der Waals surface area contributed by atoms with E-state index in [2.05, 4.69) is 16.0 Å². The van der Waals surface area contributed by atoms with Gasteiger partial charge in [-0.05, 0) is 44.0 Å². The van der Waals surface area contributed by atoms with Crippen LogP contribution in [-0.2, 0) is 14.3 Å². The molecule has 0 aliphatic carbocycles. The number of hydrogen-bond donors (Lipinski definition) is 3. The molecule has 0 spiro atoms. The van der Waals surface area contributed by atoms with Crippen LogP contribution in [0.5, 0.6) is 0 Å². The van der Waals surface area contributed by atoms with Gasteiger partial charge in [0.1, 0.15) is 6.54 Å². The van der Waals surface area contributed by atoms with Crippen LogP contribution in [0.25, 0.3) is 0 Å². The van der Waals surface area contributed by atoms with Crippen LogP contribution in [0.15, 0.2) is 42.5 Å². The molecule has 32 heavy (non-hydrogen) atoms. The number of nitrogens with one attached hydrogen (secondary N) is 3. The Morgan fingerprint density at radius 2 is 1.56 bits per heavy atom. The van der Waals surface area contributed by atoms with Gasteiger partial charge >= 0.3 is 5.97 Å². The minimum atomic E-state index is -0.749. The molecule has 0 atom stereocenters. The van der Waals surface area contributed by atoms with E-state index in [9.17, 15) is 19.2 Å². The van der Waals surface area contributed by atoms with Crippen molar-refractivity contribution in [2.75, 3.05) is 25.0 Å². The third-order valence-electron chi connectivity index (χ3n) is 4.36. The molecule has 0 saturated heterocycles. The Hall–Kier alpha value is -3.68. The zero-order chi connectivity index (χ0) is 23.7. The second kappa shape index (κ2) is 11.6. The number of ether oxygens (including phenoxy) is 1. The molecule has 0 aliphatic rings. The maximum atomic E-state index is 12.3. The van der Waals surface area contributed by atoms with E-state index in [1.807, 2.05) is 33.8 Å². The summed E-state index contributed by atoms with van der Waals surface area (Å²) in [7, 11) is 0. The molecule has 3 amide bonds. The summed E-state index contributed by atoms with van der Waals surface area (Å²) in [6.45, 7) is 7.31. The summed E-state index contributed by atoms with van der Waals surface area (Å²) >= 11 is 0. The molecule has 2 rings (SSSR count). The van der Waals surface area contributed by atoms with Crippen molar-refractivity contribution in [3.05, 3.63) is 64.7 Å². The highest BCUT2D eigenvalue weighted by molar-refractivity contribution is 6.04. The number of esters is 1. The maximum Gasteiger partial charge on any atom is 0.325 e. The molecule has 0 bridgehead atoms. The Balaban J connectivity index is 1.83. The Kier molecular flexibility index (Phi) is 8.95. The molecule has 0 aromatic heterocycles. The summed E-state index contributed by atoms with van der Waals surface area (Å²) in [6, 6.07) is 11.9. The Morgan fingerprint density at radius 3 is 2.22 bits per heavy atom. The normalized spacial score (nSPS) is 10.4. The number of carbonyl (C=O) groups excluding carboxylic acids is 4. The van der Waals surface area contributed by atoms with E-state index >= 15 is 0 Å². The van der Waals surface area contributed by atoms with Crippen LogP contribution < -0.4 is 16.0 Å². The van der Waals surface area contributed by atoms with Crippen molar-refractivity contribution < 1.29 is 23.9 Å². The average molecular weight is 440 g/mol. The summed E-state index contributed by atoms with van der Waals surface area (Å²) in [5.41, 5.74) is 2.95. The van der Waals surface area contributed by atoms with Gasteiger partial charge in [0.15, 0.2) is 6.61 Å². The number of carbonyl (C=O) groups is 4. The monoisotopic (exact) mass is 439 g/mol. The molecule has 0 saturated carbocycles. The van der Waals surface area contributed by atoms with Crippen molar-refractivity contribution in [3.8, 4) is 0 Å². The minimum absolute atomic E-state index is 0.288. The number of para-hydroxylation sites is 1. The number of amides is 3. The predicted molar refractivity (Wildman–Crippen MR) is 121 cm³/mol. The van der Waals surface area contributed by atoms with Gasteiger partial charge in [-0.15, -0.1) is 0 Å². The van der Waals surface area contributed by atoms with Crippen LogP contribution >= 0.6 is 0 Å². The van der Waals surface area contributed by atoms with Crippen molar-refractivity contribution in [3.63, 3.8) is 0 Å². The highest BCUT2D eigenvalue weighted by Crippen LogP contribution is 2.15. The second-order valence-electron chi connectivity index (χ2n) is 7.92. The van der Waals surface area contributed by atoms with Crippen LogP contribution in [-0.4, -0.2) is 43.4 Å². The fourth-order valence-electron chi connectivity index (χ4n) is 2.93. The van der Waals surface area contributed by atoms with Crippen molar-refractivity contribution >= 4 is 29.4 Å².